The minimum absolute atomic E-state index is 0.0247. The number of amides is 1. The maximum Gasteiger partial charge on any atom is 0.252 e. The second kappa shape index (κ2) is 6.60. The summed E-state index contributed by atoms with van der Waals surface area (Å²) in [7, 11) is 0. The predicted molar refractivity (Wildman–Crippen MR) is 96.4 cm³/mol. The van der Waals surface area contributed by atoms with E-state index in [1.807, 2.05) is 30.5 Å². The summed E-state index contributed by atoms with van der Waals surface area (Å²) in [5.41, 5.74) is 0.858. The summed E-state index contributed by atoms with van der Waals surface area (Å²) in [5.74, 6) is 0.472. The van der Waals surface area contributed by atoms with Gasteiger partial charge >= 0.3 is 0 Å². The molecule has 4 nitrogen and oxygen atoms in total. The standard InChI is InChI=1S/C20H28N2O2/c1-13(2)17-9-8-14(3)10-20(17,24)19(23)22-12-15-11-21-18-7-5-4-6-16(15)18/h4-7,11,13-14,17,21,24H,8-10,12H2,1-3H3,(H,22,23)/t14-,17+,20+/m1/s1. The quantitative estimate of drug-likeness (QED) is 0.803. The number of carbonyl (C=O) groups excluding carboxylic acids is 1. The largest absolute Gasteiger partial charge is 0.380 e. The van der Waals surface area contributed by atoms with E-state index in [2.05, 4.69) is 31.1 Å². The van der Waals surface area contributed by atoms with Gasteiger partial charge in [-0.1, -0.05) is 45.4 Å². The van der Waals surface area contributed by atoms with Gasteiger partial charge in [0.25, 0.3) is 5.91 Å². The van der Waals surface area contributed by atoms with Crippen molar-refractivity contribution in [2.45, 2.75) is 52.2 Å². The molecule has 0 aliphatic heterocycles. The summed E-state index contributed by atoms with van der Waals surface area (Å²) in [6.45, 7) is 6.75. The van der Waals surface area contributed by atoms with Crippen LogP contribution in [0.25, 0.3) is 10.9 Å². The van der Waals surface area contributed by atoms with Gasteiger partial charge in [0, 0.05) is 23.6 Å². The Labute approximate surface area is 143 Å². The van der Waals surface area contributed by atoms with Crippen LogP contribution in [0, 0.1) is 17.8 Å². The lowest BCUT2D eigenvalue weighted by molar-refractivity contribution is -0.156. The molecule has 1 aliphatic carbocycles. The zero-order valence-electron chi connectivity index (χ0n) is 14.8. The van der Waals surface area contributed by atoms with Crippen LogP contribution < -0.4 is 5.32 Å². The molecule has 3 atom stereocenters. The number of fused-ring (bicyclic) bond motifs is 1. The van der Waals surface area contributed by atoms with E-state index in [-0.39, 0.29) is 11.8 Å². The van der Waals surface area contributed by atoms with Gasteiger partial charge in [0.15, 0.2) is 0 Å². The number of rotatable bonds is 4. The number of nitrogens with one attached hydrogen (secondary N) is 2. The predicted octanol–water partition coefficient (Wildman–Crippen LogP) is 3.61. The Kier molecular flexibility index (Phi) is 4.68. The Morgan fingerprint density at radius 3 is 2.88 bits per heavy atom. The number of aliphatic hydroxyl groups is 1. The minimum Gasteiger partial charge on any atom is -0.380 e. The molecule has 1 saturated carbocycles. The molecule has 1 fully saturated rings. The third-order valence-corrected chi connectivity index (χ3v) is 5.56. The zero-order chi connectivity index (χ0) is 17.3. The Hall–Kier alpha value is -1.81. The van der Waals surface area contributed by atoms with E-state index in [4.69, 9.17) is 0 Å². The summed E-state index contributed by atoms with van der Waals surface area (Å²) in [5, 5.41) is 15.3. The van der Waals surface area contributed by atoms with E-state index in [1.54, 1.807) is 0 Å². The number of carbonyl (C=O) groups is 1. The highest BCUT2D eigenvalue weighted by atomic mass is 16.3. The average molecular weight is 328 g/mol. The average Bonchev–Trinajstić information content (AvgIpc) is 2.95. The molecule has 1 aromatic heterocycles. The second-order valence-electron chi connectivity index (χ2n) is 7.70. The zero-order valence-corrected chi connectivity index (χ0v) is 14.8. The maximum atomic E-state index is 12.8. The number of H-pyrrole nitrogens is 1. The molecule has 3 rings (SSSR count). The van der Waals surface area contributed by atoms with Gasteiger partial charge in [-0.05, 0) is 42.2 Å². The Morgan fingerprint density at radius 2 is 2.12 bits per heavy atom. The van der Waals surface area contributed by atoms with Gasteiger partial charge in [-0.3, -0.25) is 4.79 Å². The first-order valence-electron chi connectivity index (χ1n) is 8.97. The Balaban J connectivity index is 1.75. The fourth-order valence-corrected chi connectivity index (χ4v) is 4.24. The van der Waals surface area contributed by atoms with Crippen LogP contribution in [0.15, 0.2) is 30.5 Å². The lowest BCUT2D eigenvalue weighted by Crippen LogP contribution is -2.56. The fraction of sp³-hybridized carbons (Fsp3) is 0.550. The third-order valence-electron chi connectivity index (χ3n) is 5.56. The molecule has 1 aliphatic rings. The highest BCUT2D eigenvalue weighted by molar-refractivity contribution is 5.87. The maximum absolute atomic E-state index is 12.8. The second-order valence-corrected chi connectivity index (χ2v) is 7.70. The molecule has 130 valence electrons. The molecule has 3 N–H and O–H groups in total. The van der Waals surface area contributed by atoms with Crippen molar-refractivity contribution in [3.05, 3.63) is 36.0 Å². The number of aromatic amines is 1. The van der Waals surface area contributed by atoms with Crippen LogP contribution in [0.3, 0.4) is 0 Å². The van der Waals surface area contributed by atoms with Crippen LogP contribution in [-0.4, -0.2) is 21.6 Å². The van der Waals surface area contributed by atoms with Crippen molar-refractivity contribution < 1.29 is 9.90 Å². The number of para-hydroxylation sites is 1. The highest BCUT2D eigenvalue weighted by Gasteiger charge is 2.48. The molecule has 24 heavy (non-hydrogen) atoms. The smallest absolute Gasteiger partial charge is 0.252 e. The third kappa shape index (κ3) is 3.07. The van der Waals surface area contributed by atoms with Gasteiger partial charge in [0.2, 0.25) is 0 Å². The molecule has 1 heterocycles. The molecule has 1 aromatic carbocycles. The first-order valence-corrected chi connectivity index (χ1v) is 8.97. The molecular weight excluding hydrogens is 300 g/mol. The van der Waals surface area contributed by atoms with Crippen molar-refractivity contribution in [2.75, 3.05) is 0 Å². The van der Waals surface area contributed by atoms with E-state index in [9.17, 15) is 9.90 Å². The van der Waals surface area contributed by atoms with Crippen LogP contribution in [0.1, 0.15) is 45.6 Å². The van der Waals surface area contributed by atoms with Gasteiger partial charge in [0.05, 0.1) is 0 Å². The van der Waals surface area contributed by atoms with Crippen molar-refractivity contribution in [3.63, 3.8) is 0 Å². The van der Waals surface area contributed by atoms with Crippen molar-refractivity contribution in [2.24, 2.45) is 17.8 Å². The molecule has 1 amide bonds. The first-order chi connectivity index (χ1) is 11.4. The van der Waals surface area contributed by atoms with Gasteiger partial charge in [-0.15, -0.1) is 0 Å². The van der Waals surface area contributed by atoms with Crippen molar-refractivity contribution >= 4 is 16.8 Å². The van der Waals surface area contributed by atoms with Gasteiger partial charge < -0.3 is 15.4 Å². The van der Waals surface area contributed by atoms with Crippen LogP contribution >= 0.6 is 0 Å². The summed E-state index contributed by atoms with van der Waals surface area (Å²) >= 11 is 0. The van der Waals surface area contributed by atoms with Gasteiger partial charge in [-0.25, -0.2) is 0 Å². The van der Waals surface area contributed by atoms with Crippen LogP contribution in [-0.2, 0) is 11.3 Å². The number of hydrogen-bond acceptors (Lipinski definition) is 2. The summed E-state index contributed by atoms with van der Waals surface area (Å²) in [4.78, 5) is 16.1. The fourth-order valence-electron chi connectivity index (χ4n) is 4.24. The number of hydrogen-bond donors (Lipinski definition) is 3. The van der Waals surface area contributed by atoms with Crippen molar-refractivity contribution in [3.8, 4) is 0 Å². The molecule has 4 heteroatoms. The lowest BCUT2D eigenvalue weighted by atomic mass is 9.66. The van der Waals surface area contributed by atoms with Crippen LogP contribution in [0.4, 0.5) is 0 Å². The van der Waals surface area contributed by atoms with E-state index in [0.29, 0.717) is 24.8 Å². The Bertz CT molecular complexity index is 721. The molecule has 0 unspecified atom stereocenters. The van der Waals surface area contributed by atoms with E-state index < -0.39 is 5.60 Å². The summed E-state index contributed by atoms with van der Waals surface area (Å²) in [6.07, 6.45) is 4.48. The van der Waals surface area contributed by atoms with Gasteiger partial charge in [0.1, 0.15) is 5.60 Å². The van der Waals surface area contributed by atoms with Crippen molar-refractivity contribution in [1.29, 1.82) is 0 Å². The summed E-state index contributed by atoms with van der Waals surface area (Å²) < 4.78 is 0. The summed E-state index contributed by atoms with van der Waals surface area (Å²) in [6, 6.07) is 8.04. The normalized spacial score (nSPS) is 27.5. The van der Waals surface area contributed by atoms with Gasteiger partial charge in [-0.2, -0.15) is 0 Å². The Morgan fingerprint density at radius 1 is 1.38 bits per heavy atom. The molecule has 0 saturated heterocycles. The topological polar surface area (TPSA) is 65.1 Å². The van der Waals surface area contributed by atoms with E-state index >= 15 is 0 Å². The molecule has 0 spiro atoms. The minimum atomic E-state index is -1.25. The lowest BCUT2D eigenvalue weighted by Gasteiger charge is -2.43. The molecule has 0 bridgehead atoms. The van der Waals surface area contributed by atoms with Crippen LogP contribution in [0.2, 0.25) is 0 Å². The number of aromatic nitrogens is 1. The van der Waals surface area contributed by atoms with E-state index in [0.717, 1.165) is 29.3 Å². The first kappa shape index (κ1) is 17.0. The number of benzene rings is 1. The highest BCUT2D eigenvalue weighted by Crippen LogP contribution is 2.41. The SMILES string of the molecule is CC(C)[C@@H]1CC[C@@H](C)C[C@@]1(O)C(=O)NCc1c[nH]c2ccccc12. The van der Waals surface area contributed by atoms with Crippen molar-refractivity contribution in [1.82, 2.24) is 10.3 Å². The van der Waals surface area contributed by atoms with Crippen LogP contribution in [0.5, 0.6) is 0 Å². The van der Waals surface area contributed by atoms with E-state index in [1.165, 1.54) is 0 Å². The molecule has 2 aromatic rings. The molecule has 0 radical (unpaired) electrons. The molecular formula is C20H28N2O2. The monoisotopic (exact) mass is 328 g/mol.